The third kappa shape index (κ3) is 2.20. The highest BCUT2D eigenvalue weighted by atomic mass is 28.4. The second kappa shape index (κ2) is 5.45. The molecule has 0 fully saturated rings. The standard InChI is InChI=1S/C18H16OSi.H2/c19-20(16-10-4-1-5-11-16,17-12-6-2-7-13-17)18-14-8-3-9-15-18;/h1-15,19H;1H/i;1+1D. The molecule has 0 radical (unpaired) electrons. The van der Waals surface area contributed by atoms with Crippen LogP contribution in [0.25, 0.3) is 0 Å². The maximum Gasteiger partial charge on any atom is 0.285 e. The molecule has 1 nitrogen and oxygen atoms in total. The molecule has 0 aliphatic rings. The molecule has 0 heterocycles. The first-order valence-electron chi connectivity index (χ1n) is 7.71. The molecule has 0 aromatic heterocycles. The topological polar surface area (TPSA) is 20.2 Å². The van der Waals surface area contributed by atoms with Crippen molar-refractivity contribution in [3.63, 3.8) is 0 Å². The van der Waals surface area contributed by atoms with Gasteiger partial charge in [0.1, 0.15) is 0 Å². The van der Waals surface area contributed by atoms with Crippen LogP contribution in [0.2, 0.25) is 0 Å². The Hall–Kier alpha value is -2.16. The van der Waals surface area contributed by atoms with Gasteiger partial charge in [-0.3, -0.25) is 0 Å². The molecule has 3 rings (SSSR count). The molecule has 0 aliphatic carbocycles. The molecule has 0 unspecified atom stereocenters. The van der Waals surface area contributed by atoms with Crippen molar-refractivity contribution in [2.24, 2.45) is 0 Å². The molecule has 1 N–H and O–H groups in total. The summed E-state index contributed by atoms with van der Waals surface area (Å²) in [5.74, 6) is 0. The van der Waals surface area contributed by atoms with Crippen LogP contribution >= 0.6 is 0 Å². The van der Waals surface area contributed by atoms with Gasteiger partial charge in [0.2, 0.25) is 0 Å². The normalized spacial score (nSPS) is 11.7. The monoisotopic (exact) mass is 280 g/mol. The minimum atomic E-state index is -2.88. The fourth-order valence-corrected chi connectivity index (χ4v) is 5.56. The fourth-order valence-electron chi connectivity index (χ4n) is 2.54. The second-order valence-corrected chi connectivity index (χ2v) is 7.96. The average molecular weight is 280 g/mol. The van der Waals surface area contributed by atoms with Gasteiger partial charge in [0.25, 0.3) is 8.32 Å². The maximum absolute atomic E-state index is 11.6. The van der Waals surface area contributed by atoms with Crippen molar-refractivity contribution >= 4 is 23.9 Å². The Bertz CT molecular complexity index is 579. The van der Waals surface area contributed by atoms with Crippen molar-refractivity contribution in [3.8, 4) is 0 Å². The number of hydrogen-bond donors (Lipinski definition) is 1. The third-order valence-corrected chi connectivity index (χ3v) is 7.08. The van der Waals surface area contributed by atoms with Gasteiger partial charge in [-0.05, 0) is 15.6 Å². The van der Waals surface area contributed by atoms with Gasteiger partial charge in [-0.1, -0.05) is 91.0 Å². The van der Waals surface area contributed by atoms with Gasteiger partial charge in [-0.25, -0.2) is 0 Å². The predicted octanol–water partition coefficient (Wildman–Crippen LogP) is 1.89. The average Bonchev–Trinajstić information content (AvgIpc) is 2.65. The smallest absolute Gasteiger partial charge is 0.285 e. The Balaban J connectivity index is 0.000000847. The van der Waals surface area contributed by atoms with E-state index >= 15 is 0 Å². The van der Waals surface area contributed by atoms with E-state index in [1.54, 1.807) is 0 Å². The van der Waals surface area contributed by atoms with E-state index in [4.69, 9.17) is 2.97 Å². The van der Waals surface area contributed by atoms with Crippen LogP contribution in [0, 0.1) is 0 Å². The molecule has 3 aromatic rings. The summed E-state index contributed by atoms with van der Waals surface area (Å²) in [6.07, 6.45) is 0. The molecule has 0 spiro atoms. The molecule has 0 bridgehead atoms. The first kappa shape index (κ1) is 11.6. The van der Waals surface area contributed by atoms with Crippen molar-refractivity contribution in [1.29, 1.82) is 0 Å². The molecule has 0 aliphatic heterocycles. The van der Waals surface area contributed by atoms with Gasteiger partial charge in [0, 0.05) is 2.97 Å². The minimum Gasteiger partial charge on any atom is -0.421 e. The van der Waals surface area contributed by atoms with Crippen LogP contribution < -0.4 is 15.6 Å². The van der Waals surface area contributed by atoms with Crippen molar-refractivity contribution in [2.75, 3.05) is 0 Å². The Morgan fingerprint density at radius 2 is 0.800 bits per heavy atom. The zero-order valence-electron chi connectivity index (χ0n) is 13.1. The third-order valence-electron chi connectivity index (χ3n) is 3.57. The Morgan fingerprint density at radius 1 is 0.550 bits per heavy atom. The zero-order chi connectivity index (χ0) is 15.8. The van der Waals surface area contributed by atoms with E-state index in [0.29, 0.717) is 0 Å². The van der Waals surface area contributed by atoms with Gasteiger partial charge in [-0.2, -0.15) is 0 Å². The van der Waals surface area contributed by atoms with E-state index in [1.165, 1.54) is 0 Å². The second-order valence-electron chi connectivity index (χ2n) is 4.81. The van der Waals surface area contributed by atoms with E-state index in [2.05, 4.69) is 0 Å². The van der Waals surface area contributed by atoms with Crippen LogP contribution in [0.3, 0.4) is 0 Å². The Morgan fingerprint density at radius 3 is 1.05 bits per heavy atom. The van der Waals surface area contributed by atoms with Crippen LogP contribution in [-0.4, -0.2) is 13.1 Å². The van der Waals surface area contributed by atoms with E-state index in [-0.39, 0.29) is 0 Å². The molecular weight excluding hydrogens is 260 g/mol. The number of hydrogen-bond acceptors (Lipinski definition) is 1. The summed E-state index contributed by atoms with van der Waals surface area (Å²) in [5.41, 5.74) is 0. The number of benzene rings is 3. The summed E-state index contributed by atoms with van der Waals surface area (Å²) in [4.78, 5) is 11.6. The largest absolute Gasteiger partial charge is 0.421 e. The van der Waals surface area contributed by atoms with Crippen LogP contribution in [0.5, 0.6) is 0 Å². The lowest BCUT2D eigenvalue weighted by Gasteiger charge is -2.26. The van der Waals surface area contributed by atoms with Gasteiger partial charge in [0.15, 0.2) is 0 Å². The summed E-state index contributed by atoms with van der Waals surface area (Å²) in [7, 11) is -2.88. The first-order valence-corrected chi connectivity index (χ1v) is 8.65. The fraction of sp³-hybridized carbons (Fsp3) is 0. The lowest BCUT2D eigenvalue weighted by molar-refractivity contribution is 0.583. The molecular formula is C18H18OSi. The van der Waals surface area contributed by atoms with Gasteiger partial charge >= 0.3 is 0 Å². The highest BCUT2D eigenvalue weighted by Gasteiger charge is 2.37. The van der Waals surface area contributed by atoms with Crippen LogP contribution in [0.15, 0.2) is 91.0 Å². The van der Waals surface area contributed by atoms with Gasteiger partial charge in [-0.15, -0.1) is 0 Å². The van der Waals surface area contributed by atoms with Crippen LogP contribution in [-0.2, 0) is 0 Å². The summed E-state index contributed by atoms with van der Waals surface area (Å²) < 4.78 is 10.0. The molecule has 3 aromatic carbocycles. The summed E-state index contributed by atoms with van der Waals surface area (Å²) in [6.45, 7) is 0. The molecule has 0 atom stereocenters. The molecule has 100 valence electrons. The molecule has 0 saturated heterocycles. The van der Waals surface area contributed by atoms with Crippen LogP contribution in [0.1, 0.15) is 2.97 Å². The van der Waals surface area contributed by atoms with E-state index in [0.717, 1.165) is 15.6 Å². The summed E-state index contributed by atoms with van der Waals surface area (Å²) in [5, 5.41) is 3.03. The first-order chi connectivity index (χ1) is 10.8. The van der Waals surface area contributed by atoms with Crippen LogP contribution in [0.4, 0.5) is 0 Å². The molecule has 2 heteroatoms. The van der Waals surface area contributed by atoms with Crippen molar-refractivity contribution in [3.05, 3.63) is 91.0 Å². The van der Waals surface area contributed by atoms with Crippen molar-refractivity contribution in [2.45, 2.75) is 0 Å². The molecule has 0 saturated carbocycles. The highest BCUT2D eigenvalue weighted by Crippen LogP contribution is 2.03. The van der Waals surface area contributed by atoms with Gasteiger partial charge in [0.05, 0.1) is 0 Å². The van der Waals surface area contributed by atoms with Crippen molar-refractivity contribution in [1.82, 2.24) is 0 Å². The highest BCUT2D eigenvalue weighted by molar-refractivity contribution is 7.06. The zero-order valence-corrected chi connectivity index (χ0v) is 12.1. The molecule has 0 amide bonds. The lowest BCUT2D eigenvalue weighted by Crippen LogP contribution is -2.67. The summed E-state index contributed by atoms with van der Waals surface area (Å²) >= 11 is 0. The Labute approximate surface area is 123 Å². The van der Waals surface area contributed by atoms with Gasteiger partial charge < -0.3 is 4.80 Å². The lowest BCUT2D eigenvalue weighted by atomic mass is 10.3. The minimum absolute atomic E-state index is 1.01. The van der Waals surface area contributed by atoms with E-state index in [1.807, 2.05) is 91.0 Å². The van der Waals surface area contributed by atoms with Crippen molar-refractivity contribution < 1.29 is 7.77 Å². The maximum atomic E-state index is 11.6. The SMILES string of the molecule is O[Si](c1ccccc1)(c1ccccc1)c1ccccc1.[2H][2H]. The molecule has 20 heavy (non-hydrogen) atoms. The quantitative estimate of drug-likeness (QED) is 0.574. The van der Waals surface area contributed by atoms with E-state index < -0.39 is 8.32 Å². The number of rotatable bonds is 3. The van der Waals surface area contributed by atoms with E-state index in [9.17, 15) is 4.80 Å². The summed E-state index contributed by atoms with van der Waals surface area (Å²) in [6, 6.07) is 30.0. The predicted molar refractivity (Wildman–Crippen MR) is 88.3 cm³/mol. The Kier molecular flexibility index (Phi) is 3.17.